The Morgan fingerprint density at radius 3 is 0.752 bits per heavy atom. The van der Waals surface area contributed by atoms with E-state index in [2.05, 4.69) is 41.5 Å². The predicted molar refractivity (Wildman–Crippen MR) is 414 cm³/mol. The Kier molecular flexibility index (Phi) is 72.2. The largest absolute Gasteiger partial charge is 0.472 e. The molecule has 0 heterocycles. The maximum Gasteiger partial charge on any atom is 0.472 e. The van der Waals surface area contributed by atoms with Gasteiger partial charge in [-0.3, -0.25) is 37.3 Å². The van der Waals surface area contributed by atoms with Gasteiger partial charge in [0.15, 0.2) is 12.2 Å². The van der Waals surface area contributed by atoms with Crippen LogP contribution >= 0.6 is 15.6 Å². The van der Waals surface area contributed by atoms with Gasteiger partial charge in [-0.05, 0) is 37.5 Å². The Bertz CT molecular complexity index is 1940. The topological polar surface area (TPSA) is 237 Å². The molecular weight excluding hydrogens is 1320 g/mol. The van der Waals surface area contributed by atoms with E-state index >= 15 is 0 Å². The molecule has 0 saturated heterocycles. The fraction of sp³-hybridized carbons (Fsp3) is 0.951. The third kappa shape index (κ3) is 74.7. The SMILES string of the molecule is CCCCCCCCCCCCCCCCCCCCCCC(=O)OC[C@H](COP(=O)(O)OC[C@@H](O)COP(=O)(O)OC[C@@H](COC(=O)CCCCCCCCCC)OC(=O)CCCCCCCCCCC(C)C)OC(=O)CCCCCCCCCCCCCCCCCCCCC(C)CC. The molecule has 0 rings (SSSR count). The number of esters is 4. The van der Waals surface area contributed by atoms with Crippen molar-refractivity contribution in [2.45, 2.75) is 452 Å². The van der Waals surface area contributed by atoms with E-state index in [1.165, 1.54) is 244 Å². The average Bonchev–Trinajstić information content (AvgIpc) is 0.980. The van der Waals surface area contributed by atoms with Crippen LogP contribution in [0.1, 0.15) is 433 Å². The number of ether oxygens (including phenoxy) is 4. The molecule has 0 fully saturated rings. The zero-order chi connectivity index (χ0) is 74.2. The predicted octanol–water partition coefficient (Wildman–Crippen LogP) is 24.7. The molecule has 0 aromatic carbocycles. The first-order valence-electron chi connectivity index (χ1n) is 42.5. The first-order valence-corrected chi connectivity index (χ1v) is 45.5. The standard InChI is InChI=1S/C82H160O17P2/c1-7-10-12-14-16-18-19-20-21-22-23-24-28-31-34-37-40-47-53-59-65-80(85)93-71-78(98-81(86)66-60-54-48-41-38-35-32-29-26-25-27-30-33-36-39-45-51-57-63-75(6)9-3)73-97-101(90,91)95-69-76(83)68-94-100(88,89)96-72-77(70-92-79(84)64-58-52-46-17-15-13-11-8-2)99-82(87)67-61-55-49-43-42-44-50-56-62-74(4)5/h74-78,83H,7-73H2,1-6H3,(H,88,89)(H,90,91)/t75?,76-,77+,78+/m0/s1. The zero-order valence-electron chi connectivity index (χ0n) is 66.2. The summed E-state index contributed by atoms with van der Waals surface area (Å²) in [7, 11) is -9.91. The van der Waals surface area contributed by atoms with Crippen LogP contribution in [0.5, 0.6) is 0 Å². The first-order chi connectivity index (χ1) is 48.9. The molecule has 19 heteroatoms. The number of phosphoric acid groups is 2. The van der Waals surface area contributed by atoms with Gasteiger partial charge >= 0.3 is 39.5 Å². The van der Waals surface area contributed by atoms with Crippen LogP contribution in [0.2, 0.25) is 0 Å². The molecule has 101 heavy (non-hydrogen) atoms. The van der Waals surface area contributed by atoms with Crippen LogP contribution in [-0.2, 0) is 65.4 Å². The van der Waals surface area contributed by atoms with Crippen LogP contribution in [0, 0.1) is 11.8 Å². The van der Waals surface area contributed by atoms with Crippen molar-refractivity contribution in [1.82, 2.24) is 0 Å². The highest BCUT2D eigenvalue weighted by Gasteiger charge is 2.30. The highest BCUT2D eigenvalue weighted by molar-refractivity contribution is 7.47. The summed E-state index contributed by atoms with van der Waals surface area (Å²) in [5.74, 6) is -0.524. The number of rotatable bonds is 81. The Morgan fingerprint density at radius 2 is 0.505 bits per heavy atom. The van der Waals surface area contributed by atoms with E-state index in [-0.39, 0.29) is 25.7 Å². The highest BCUT2D eigenvalue weighted by Crippen LogP contribution is 2.45. The van der Waals surface area contributed by atoms with E-state index in [0.717, 1.165) is 108 Å². The lowest BCUT2D eigenvalue weighted by Crippen LogP contribution is -2.30. The van der Waals surface area contributed by atoms with Crippen LogP contribution in [0.4, 0.5) is 0 Å². The van der Waals surface area contributed by atoms with Crippen molar-refractivity contribution in [3.8, 4) is 0 Å². The summed E-state index contributed by atoms with van der Waals surface area (Å²) in [6.07, 6.45) is 64.1. The molecule has 0 aromatic heterocycles. The summed E-state index contributed by atoms with van der Waals surface area (Å²) in [6, 6.07) is 0. The minimum Gasteiger partial charge on any atom is -0.462 e. The number of aliphatic hydroxyl groups excluding tert-OH is 1. The van der Waals surface area contributed by atoms with Gasteiger partial charge in [0.05, 0.1) is 26.4 Å². The third-order valence-electron chi connectivity index (χ3n) is 19.6. The van der Waals surface area contributed by atoms with Crippen molar-refractivity contribution >= 4 is 39.5 Å². The van der Waals surface area contributed by atoms with Crippen LogP contribution < -0.4 is 0 Å². The number of carbonyl (C=O) groups excluding carboxylic acids is 4. The van der Waals surface area contributed by atoms with Crippen LogP contribution in [-0.4, -0.2) is 96.7 Å². The molecule has 0 aliphatic carbocycles. The molecule has 0 bridgehead atoms. The summed E-state index contributed by atoms with van der Waals surface area (Å²) < 4.78 is 68.6. The van der Waals surface area contributed by atoms with Gasteiger partial charge in [-0.1, -0.05) is 382 Å². The second-order valence-electron chi connectivity index (χ2n) is 30.2. The molecule has 3 N–H and O–H groups in total. The molecule has 6 atom stereocenters. The smallest absolute Gasteiger partial charge is 0.462 e. The Labute approximate surface area is 619 Å². The maximum atomic E-state index is 13.1. The molecule has 0 aromatic rings. The summed E-state index contributed by atoms with van der Waals surface area (Å²) in [5.41, 5.74) is 0. The number of unbranched alkanes of at least 4 members (excludes halogenated alkanes) is 50. The molecule has 0 aliphatic rings. The van der Waals surface area contributed by atoms with Gasteiger partial charge in [-0.2, -0.15) is 0 Å². The van der Waals surface area contributed by atoms with Gasteiger partial charge in [0.1, 0.15) is 19.3 Å². The van der Waals surface area contributed by atoms with Crippen molar-refractivity contribution in [2.75, 3.05) is 39.6 Å². The first kappa shape index (κ1) is 99.1. The van der Waals surface area contributed by atoms with Gasteiger partial charge < -0.3 is 33.8 Å². The van der Waals surface area contributed by atoms with Crippen LogP contribution in [0.3, 0.4) is 0 Å². The van der Waals surface area contributed by atoms with E-state index in [4.69, 9.17) is 37.0 Å². The van der Waals surface area contributed by atoms with E-state index < -0.39 is 97.5 Å². The van der Waals surface area contributed by atoms with Crippen LogP contribution in [0.25, 0.3) is 0 Å². The monoisotopic (exact) mass is 1480 g/mol. The Hall–Kier alpha value is -1.94. The van der Waals surface area contributed by atoms with Crippen molar-refractivity contribution < 1.29 is 80.2 Å². The number of carbonyl (C=O) groups is 4. The lowest BCUT2D eigenvalue weighted by atomic mass is 9.99. The molecule has 600 valence electrons. The van der Waals surface area contributed by atoms with Gasteiger partial charge in [0.25, 0.3) is 0 Å². The van der Waals surface area contributed by atoms with E-state index in [1.54, 1.807) is 0 Å². The van der Waals surface area contributed by atoms with E-state index in [0.29, 0.717) is 25.7 Å². The molecule has 0 radical (unpaired) electrons. The average molecular weight is 1480 g/mol. The molecular formula is C82H160O17P2. The summed E-state index contributed by atoms with van der Waals surface area (Å²) >= 11 is 0. The fourth-order valence-corrected chi connectivity index (χ4v) is 14.3. The molecule has 0 saturated carbocycles. The Morgan fingerprint density at radius 1 is 0.287 bits per heavy atom. The minimum atomic E-state index is -4.96. The summed E-state index contributed by atoms with van der Waals surface area (Å²) in [6.45, 7) is 9.63. The minimum absolute atomic E-state index is 0.105. The zero-order valence-corrected chi connectivity index (χ0v) is 68.0. The highest BCUT2D eigenvalue weighted by atomic mass is 31.2. The van der Waals surface area contributed by atoms with Gasteiger partial charge in [-0.15, -0.1) is 0 Å². The summed E-state index contributed by atoms with van der Waals surface area (Å²) in [5, 5.41) is 10.6. The normalized spacial score (nSPS) is 14.2. The molecule has 0 aliphatic heterocycles. The molecule has 3 unspecified atom stereocenters. The lowest BCUT2D eigenvalue weighted by Gasteiger charge is -2.21. The van der Waals surface area contributed by atoms with Gasteiger partial charge in [-0.25, -0.2) is 9.13 Å². The van der Waals surface area contributed by atoms with Crippen molar-refractivity contribution in [3.63, 3.8) is 0 Å². The molecule has 0 amide bonds. The van der Waals surface area contributed by atoms with Crippen molar-refractivity contribution in [2.24, 2.45) is 11.8 Å². The second kappa shape index (κ2) is 73.6. The van der Waals surface area contributed by atoms with Gasteiger partial charge in [0, 0.05) is 25.7 Å². The number of hydrogen-bond donors (Lipinski definition) is 3. The van der Waals surface area contributed by atoms with Gasteiger partial charge in [0.2, 0.25) is 0 Å². The number of hydrogen-bond acceptors (Lipinski definition) is 15. The van der Waals surface area contributed by atoms with E-state index in [1.807, 2.05) is 0 Å². The number of aliphatic hydroxyl groups is 1. The quantitative estimate of drug-likeness (QED) is 0.0222. The maximum absolute atomic E-state index is 13.1. The second-order valence-corrected chi connectivity index (χ2v) is 33.1. The van der Waals surface area contributed by atoms with E-state index in [9.17, 15) is 43.2 Å². The lowest BCUT2D eigenvalue weighted by molar-refractivity contribution is -0.161. The molecule has 17 nitrogen and oxygen atoms in total. The fourth-order valence-electron chi connectivity index (χ4n) is 12.7. The third-order valence-corrected chi connectivity index (χ3v) is 21.5. The number of phosphoric ester groups is 2. The molecule has 0 spiro atoms. The Balaban J connectivity index is 5.16. The van der Waals surface area contributed by atoms with Crippen molar-refractivity contribution in [1.29, 1.82) is 0 Å². The summed E-state index contributed by atoms with van der Waals surface area (Å²) in [4.78, 5) is 72.9. The van der Waals surface area contributed by atoms with Crippen LogP contribution in [0.15, 0.2) is 0 Å². The van der Waals surface area contributed by atoms with Crippen molar-refractivity contribution in [3.05, 3.63) is 0 Å².